The van der Waals surface area contributed by atoms with Crippen molar-refractivity contribution in [2.75, 3.05) is 12.4 Å². The average molecular weight is 415 g/mol. The van der Waals surface area contributed by atoms with Crippen LogP contribution in [-0.2, 0) is 14.3 Å². The lowest BCUT2D eigenvalue weighted by Crippen LogP contribution is -2.25. The molecular formula is C26H25NO4. The summed E-state index contributed by atoms with van der Waals surface area (Å²) >= 11 is 0. The number of methoxy groups -OCH3 is 1. The number of rotatable bonds is 7. The molecule has 0 saturated heterocycles. The second-order valence-corrected chi connectivity index (χ2v) is 7.15. The zero-order valence-corrected chi connectivity index (χ0v) is 17.8. The van der Waals surface area contributed by atoms with Gasteiger partial charge in [0.1, 0.15) is 5.75 Å². The molecule has 0 saturated carbocycles. The van der Waals surface area contributed by atoms with E-state index in [4.69, 9.17) is 9.47 Å². The van der Waals surface area contributed by atoms with Gasteiger partial charge >= 0.3 is 5.97 Å². The fraction of sp³-hybridized carbons (Fsp3) is 0.154. The van der Waals surface area contributed by atoms with Crippen LogP contribution in [0.2, 0.25) is 0 Å². The van der Waals surface area contributed by atoms with Crippen LogP contribution in [0.3, 0.4) is 0 Å². The van der Waals surface area contributed by atoms with Gasteiger partial charge in [0.15, 0.2) is 0 Å². The lowest BCUT2D eigenvalue weighted by atomic mass is 10.1. The molecule has 3 aromatic rings. The Morgan fingerprint density at radius 1 is 0.935 bits per heavy atom. The molecule has 0 fully saturated rings. The molecule has 31 heavy (non-hydrogen) atoms. The molecule has 0 heterocycles. The summed E-state index contributed by atoms with van der Waals surface area (Å²) in [6.45, 7) is 3.86. The van der Waals surface area contributed by atoms with Gasteiger partial charge in [-0.05, 0) is 54.8 Å². The second-order valence-electron chi connectivity index (χ2n) is 7.15. The van der Waals surface area contributed by atoms with Crippen LogP contribution in [0.15, 0.2) is 78.9 Å². The Bertz CT molecular complexity index is 1090. The van der Waals surface area contributed by atoms with Crippen LogP contribution in [0.5, 0.6) is 5.75 Å². The zero-order chi connectivity index (χ0) is 22.2. The van der Waals surface area contributed by atoms with Crippen LogP contribution in [0.4, 0.5) is 5.69 Å². The Morgan fingerprint density at radius 3 is 2.45 bits per heavy atom. The number of carbonyl (C=O) groups is 2. The highest BCUT2D eigenvalue weighted by atomic mass is 16.5. The van der Waals surface area contributed by atoms with Crippen molar-refractivity contribution in [1.82, 2.24) is 0 Å². The summed E-state index contributed by atoms with van der Waals surface area (Å²) in [7, 11) is 1.58. The maximum absolute atomic E-state index is 13.0. The van der Waals surface area contributed by atoms with Crippen molar-refractivity contribution in [2.24, 2.45) is 0 Å². The van der Waals surface area contributed by atoms with Gasteiger partial charge in [0.25, 0.3) is 5.91 Å². The van der Waals surface area contributed by atoms with Crippen molar-refractivity contribution < 1.29 is 19.1 Å². The monoisotopic (exact) mass is 415 g/mol. The number of benzene rings is 3. The van der Waals surface area contributed by atoms with Crippen LogP contribution < -0.4 is 10.1 Å². The molecule has 158 valence electrons. The molecule has 0 aliphatic carbocycles. The summed E-state index contributed by atoms with van der Waals surface area (Å²) in [4.78, 5) is 25.6. The minimum atomic E-state index is -1.08. The zero-order valence-electron chi connectivity index (χ0n) is 17.8. The summed E-state index contributed by atoms with van der Waals surface area (Å²) in [6, 6.07) is 22.0. The van der Waals surface area contributed by atoms with Gasteiger partial charge in [-0.1, -0.05) is 54.6 Å². The number of esters is 1. The number of hydrogen-bond donors (Lipinski definition) is 1. The van der Waals surface area contributed by atoms with Gasteiger partial charge in [0.2, 0.25) is 6.10 Å². The molecule has 3 rings (SSSR count). The SMILES string of the molecule is COc1cccc(/C=C/C(=O)O[C@H](C(=O)Nc2cc(C)ccc2C)c2ccccc2)c1. The first kappa shape index (κ1) is 21.8. The van der Waals surface area contributed by atoms with E-state index < -0.39 is 18.0 Å². The standard InChI is InChI=1S/C26H25NO4/c1-18-12-13-19(2)23(16-18)27-26(29)25(21-9-5-4-6-10-21)31-24(28)15-14-20-8-7-11-22(17-20)30-3/h4-17,25H,1-3H3,(H,27,29)/b15-14+/t25-/m0/s1. The fourth-order valence-corrected chi connectivity index (χ4v) is 3.03. The van der Waals surface area contributed by atoms with E-state index >= 15 is 0 Å². The molecule has 5 nitrogen and oxygen atoms in total. The van der Waals surface area contributed by atoms with Gasteiger partial charge in [0, 0.05) is 17.3 Å². The highest BCUT2D eigenvalue weighted by Gasteiger charge is 2.24. The smallest absolute Gasteiger partial charge is 0.331 e. The fourth-order valence-electron chi connectivity index (χ4n) is 3.03. The molecule has 0 aliphatic heterocycles. The van der Waals surface area contributed by atoms with Gasteiger partial charge in [-0.3, -0.25) is 4.79 Å². The summed E-state index contributed by atoms with van der Waals surface area (Å²) < 4.78 is 10.7. The number of nitrogens with one attached hydrogen (secondary N) is 1. The predicted octanol–water partition coefficient (Wildman–Crippen LogP) is 5.25. The summed E-state index contributed by atoms with van der Waals surface area (Å²) in [5.74, 6) is -0.346. The van der Waals surface area contributed by atoms with E-state index in [1.807, 2.05) is 56.3 Å². The lowest BCUT2D eigenvalue weighted by Gasteiger charge is -2.18. The molecule has 5 heteroatoms. The van der Waals surface area contributed by atoms with E-state index in [0.29, 0.717) is 17.0 Å². The first-order valence-electron chi connectivity index (χ1n) is 9.92. The van der Waals surface area contributed by atoms with Crippen molar-refractivity contribution in [2.45, 2.75) is 20.0 Å². The van der Waals surface area contributed by atoms with Crippen LogP contribution >= 0.6 is 0 Å². The van der Waals surface area contributed by atoms with Crippen LogP contribution in [0, 0.1) is 13.8 Å². The molecule has 0 aromatic heterocycles. The third kappa shape index (κ3) is 6.06. The van der Waals surface area contributed by atoms with Crippen molar-refractivity contribution in [3.63, 3.8) is 0 Å². The van der Waals surface area contributed by atoms with Gasteiger partial charge in [0.05, 0.1) is 7.11 Å². The molecule has 1 amide bonds. The van der Waals surface area contributed by atoms with E-state index in [1.165, 1.54) is 6.08 Å². The molecule has 3 aromatic carbocycles. The highest BCUT2D eigenvalue weighted by Crippen LogP contribution is 2.23. The number of amides is 1. The van der Waals surface area contributed by atoms with E-state index in [-0.39, 0.29) is 0 Å². The Morgan fingerprint density at radius 2 is 1.71 bits per heavy atom. The quantitative estimate of drug-likeness (QED) is 0.423. The van der Waals surface area contributed by atoms with E-state index in [0.717, 1.165) is 16.7 Å². The van der Waals surface area contributed by atoms with Gasteiger partial charge in [-0.15, -0.1) is 0 Å². The molecule has 1 N–H and O–H groups in total. The first-order valence-corrected chi connectivity index (χ1v) is 9.92. The minimum Gasteiger partial charge on any atom is -0.497 e. The van der Waals surface area contributed by atoms with Crippen molar-refractivity contribution in [1.29, 1.82) is 0 Å². The average Bonchev–Trinajstić information content (AvgIpc) is 2.79. The molecule has 0 unspecified atom stereocenters. The summed E-state index contributed by atoms with van der Waals surface area (Å²) in [5, 5.41) is 2.89. The number of ether oxygens (including phenoxy) is 2. The second kappa shape index (κ2) is 10.3. The largest absolute Gasteiger partial charge is 0.497 e. The normalized spacial score (nSPS) is 11.7. The maximum atomic E-state index is 13.0. The molecule has 1 atom stereocenters. The third-order valence-electron chi connectivity index (χ3n) is 4.73. The number of aryl methyl sites for hydroxylation is 2. The van der Waals surface area contributed by atoms with Crippen LogP contribution in [0.1, 0.15) is 28.4 Å². The van der Waals surface area contributed by atoms with Gasteiger partial charge in [-0.25, -0.2) is 4.79 Å². The van der Waals surface area contributed by atoms with E-state index in [2.05, 4.69) is 5.32 Å². The minimum absolute atomic E-state index is 0.414. The van der Waals surface area contributed by atoms with Crippen molar-refractivity contribution in [3.05, 3.63) is 101 Å². The van der Waals surface area contributed by atoms with Crippen LogP contribution in [-0.4, -0.2) is 19.0 Å². The highest BCUT2D eigenvalue weighted by molar-refractivity contribution is 5.98. The van der Waals surface area contributed by atoms with E-state index in [1.54, 1.807) is 43.5 Å². The Balaban J connectivity index is 1.79. The Kier molecular flexibility index (Phi) is 7.22. The van der Waals surface area contributed by atoms with Crippen molar-refractivity contribution >= 4 is 23.6 Å². The first-order chi connectivity index (χ1) is 15.0. The number of hydrogen-bond acceptors (Lipinski definition) is 4. The molecule has 0 radical (unpaired) electrons. The molecule has 0 bridgehead atoms. The Hall–Kier alpha value is -3.86. The van der Waals surface area contributed by atoms with Crippen molar-refractivity contribution in [3.8, 4) is 5.75 Å². The predicted molar refractivity (Wildman–Crippen MR) is 122 cm³/mol. The van der Waals surface area contributed by atoms with E-state index in [9.17, 15) is 9.59 Å². The molecule has 0 aliphatic rings. The summed E-state index contributed by atoms with van der Waals surface area (Å²) in [5.41, 5.74) is 4.01. The van der Waals surface area contributed by atoms with Crippen LogP contribution in [0.25, 0.3) is 6.08 Å². The number of carbonyl (C=O) groups excluding carboxylic acids is 2. The Labute approximate surface area is 182 Å². The molecule has 0 spiro atoms. The topological polar surface area (TPSA) is 64.6 Å². The lowest BCUT2D eigenvalue weighted by molar-refractivity contribution is -0.149. The summed E-state index contributed by atoms with van der Waals surface area (Å²) in [6.07, 6.45) is 1.84. The van der Waals surface area contributed by atoms with Gasteiger partial charge in [-0.2, -0.15) is 0 Å². The van der Waals surface area contributed by atoms with Gasteiger partial charge < -0.3 is 14.8 Å². The maximum Gasteiger partial charge on any atom is 0.331 e. The third-order valence-corrected chi connectivity index (χ3v) is 4.73. The molecular weight excluding hydrogens is 390 g/mol. The number of anilines is 1.